The molecular weight excluding hydrogens is 532 g/mol. The van der Waals surface area contributed by atoms with Crippen LogP contribution in [0.1, 0.15) is 67.3 Å². The molecule has 3 fully saturated rings. The van der Waals surface area contributed by atoms with Gasteiger partial charge in [-0.25, -0.2) is 0 Å². The van der Waals surface area contributed by atoms with Gasteiger partial charge in [-0.15, -0.1) is 0 Å². The molecule has 1 aromatic carbocycles. The van der Waals surface area contributed by atoms with Crippen LogP contribution in [-0.2, 0) is 28.7 Å². The van der Waals surface area contributed by atoms with Crippen molar-refractivity contribution < 1.29 is 43.7 Å². The number of Topliss-reactive ketones (excluding diaryl/α,β-unsaturated/α-hetero) is 4. The van der Waals surface area contributed by atoms with Crippen LogP contribution in [0.2, 0.25) is 0 Å². The standard InChI is InChI=1S/C30H36N2O9/c1-13-15-11-8-12-16(33)18(15)23(34)19-17(13)25(41-29(39)14-9-6-4-5-7-10-14)21-22(32(2)3)24(35)20(28(31)38)27(37)30(21,40)26(19)36/h8,11-14,17,19-22,25,33,40H,4-7,9-10H2,1-3H3,(H2,31,38). The number of phenolic OH excluding ortho intramolecular Hbond substituents is 1. The van der Waals surface area contributed by atoms with Crippen LogP contribution >= 0.6 is 0 Å². The molecule has 1 aromatic rings. The number of rotatable bonds is 4. The van der Waals surface area contributed by atoms with Gasteiger partial charge < -0.3 is 20.7 Å². The van der Waals surface area contributed by atoms with E-state index in [-0.39, 0.29) is 11.3 Å². The largest absolute Gasteiger partial charge is 0.507 e. The van der Waals surface area contributed by atoms with Gasteiger partial charge in [-0.05, 0) is 44.5 Å². The molecule has 5 rings (SSSR count). The van der Waals surface area contributed by atoms with E-state index in [0.717, 1.165) is 25.7 Å². The van der Waals surface area contributed by atoms with Crippen molar-refractivity contribution in [3.63, 3.8) is 0 Å². The Morgan fingerprint density at radius 3 is 2.24 bits per heavy atom. The number of esters is 1. The number of carbonyl (C=O) groups is 6. The summed E-state index contributed by atoms with van der Waals surface area (Å²) in [6, 6.07) is 3.08. The molecule has 4 aliphatic carbocycles. The highest BCUT2D eigenvalue weighted by Crippen LogP contribution is 2.55. The van der Waals surface area contributed by atoms with Crippen molar-refractivity contribution in [3.8, 4) is 5.75 Å². The van der Waals surface area contributed by atoms with Crippen molar-refractivity contribution in [1.29, 1.82) is 0 Å². The summed E-state index contributed by atoms with van der Waals surface area (Å²) in [5.41, 5.74) is 2.72. The zero-order valence-corrected chi connectivity index (χ0v) is 23.4. The Morgan fingerprint density at radius 1 is 1.02 bits per heavy atom. The molecule has 0 spiro atoms. The fraction of sp³-hybridized carbons (Fsp3) is 0.600. The number of hydrogen-bond donors (Lipinski definition) is 3. The highest BCUT2D eigenvalue weighted by molar-refractivity contribution is 6.32. The molecule has 0 saturated heterocycles. The van der Waals surface area contributed by atoms with Crippen molar-refractivity contribution in [2.45, 2.75) is 69.1 Å². The number of carbonyl (C=O) groups excluding carboxylic acids is 6. The first-order valence-electron chi connectivity index (χ1n) is 14.2. The molecule has 0 bridgehead atoms. The normalized spacial score (nSPS) is 35.8. The lowest BCUT2D eigenvalue weighted by Gasteiger charge is -2.56. The quantitative estimate of drug-likeness (QED) is 0.268. The maximum Gasteiger partial charge on any atom is 0.309 e. The van der Waals surface area contributed by atoms with Crippen molar-refractivity contribution >= 4 is 35.0 Å². The van der Waals surface area contributed by atoms with Crippen LogP contribution in [0.25, 0.3) is 0 Å². The topological polar surface area (TPSA) is 181 Å². The van der Waals surface area contributed by atoms with Gasteiger partial charge in [0, 0.05) is 5.92 Å². The molecule has 8 atom stereocenters. The molecule has 220 valence electrons. The van der Waals surface area contributed by atoms with Crippen LogP contribution in [0, 0.1) is 29.6 Å². The maximum absolute atomic E-state index is 14.2. The number of ether oxygens (including phenoxy) is 1. The second-order valence-corrected chi connectivity index (χ2v) is 12.2. The minimum Gasteiger partial charge on any atom is -0.507 e. The number of ketones is 4. The van der Waals surface area contributed by atoms with Crippen LogP contribution in [0.15, 0.2) is 18.2 Å². The number of nitrogens with zero attached hydrogens (tertiary/aromatic N) is 1. The third kappa shape index (κ3) is 4.23. The highest BCUT2D eigenvalue weighted by Gasteiger charge is 2.74. The summed E-state index contributed by atoms with van der Waals surface area (Å²) in [4.78, 5) is 82.9. The number of hydrogen-bond acceptors (Lipinski definition) is 10. The Kier molecular flexibility index (Phi) is 7.40. The molecule has 4 aliphatic rings. The molecule has 1 amide bonds. The fourth-order valence-electron chi connectivity index (χ4n) is 7.81. The van der Waals surface area contributed by atoms with Crippen LogP contribution < -0.4 is 5.73 Å². The molecule has 11 heteroatoms. The van der Waals surface area contributed by atoms with Gasteiger partial charge in [0.1, 0.15) is 11.9 Å². The van der Waals surface area contributed by atoms with Crippen molar-refractivity contribution in [1.82, 2.24) is 4.90 Å². The Hall–Kier alpha value is -3.44. The zero-order chi connectivity index (χ0) is 30.0. The minimum absolute atomic E-state index is 0.111. The lowest BCUT2D eigenvalue weighted by Crippen LogP contribution is -2.78. The number of fused-ring (bicyclic) bond motifs is 3. The number of benzene rings is 1. The van der Waals surface area contributed by atoms with Crippen molar-refractivity contribution in [2.24, 2.45) is 35.3 Å². The summed E-state index contributed by atoms with van der Waals surface area (Å²) in [6.07, 6.45) is 3.33. The number of nitrogens with two attached hydrogens (primary N) is 1. The number of aliphatic hydroxyl groups is 1. The third-order valence-electron chi connectivity index (χ3n) is 9.77. The van der Waals surface area contributed by atoms with Gasteiger partial charge in [0.05, 0.1) is 29.4 Å². The predicted molar refractivity (Wildman–Crippen MR) is 143 cm³/mol. The number of primary amides is 1. The van der Waals surface area contributed by atoms with Crippen molar-refractivity contribution in [3.05, 3.63) is 29.3 Å². The first kappa shape index (κ1) is 29.1. The first-order valence-corrected chi connectivity index (χ1v) is 14.2. The monoisotopic (exact) mass is 568 g/mol. The van der Waals surface area contributed by atoms with Crippen LogP contribution in [0.4, 0.5) is 0 Å². The molecule has 0 heterocycles. The Labute approximate surface area is 237 Å². The summed E-state index contributed by atoms with van der Waals surface area (Å²) in [5, 5.41) is 22.7. The molecule has 8 unspecified atom stereocenters. The Bertz CT molecular complexity index is 1330. The zero-order valence-electron chi connectivity index (χ0n) is 23.4. The number of phenols is 1. The molecule has 0 radical (unpaired) electrons. The van der Waals surface area contributed by atoms with Crippen LogP contribution in [-0.4, -0.2) is 82.0 Å². The van der Waals surface area contributed by atoms with E-state index in [4.69, 9.17) is 10.5 Å². The lowest BCUT2D eigenvalue weighted by molar-refractivity contribution is -0.207. The van der Waals surface area contributed by atoms with Gasteiger partial charge in [-0.2, -0.15) is 0 Å². The highest BCUT2D eigenvalue weighted by atomic mass is 16.5. The molecule has 0 aliphatic heterocycles. The second-order valence-electron chi connectivity index (χ2n) is 12.2. The number of likely N-dealkylation sites (N-methyl/N-ethyl adjacent to an activating group) is 1. The van der Waals surface area contributed by atoms with Crippen LogP contribution in [0.3, 0.4) is 0 Å². The van der Waals surface area contributed by atoms with E-state index in [9.17, 15) is 39.0 Å². The first-order chi connectivity index (χ1) is 19.3. The Morgan fingerprint density at radius 2 is 1.66 bits per heavy atom. The van der Waals surface area contributed by atoms with E-state index in [1.807, 2.05) is 0 Å². The molecule has 3 saturated carbocycles. The van der Waals surface area contributed by atoms with E-state index in [1.54, 1.807) is 19.1 Å². The van der Waals surface area contributed by atoms with E-state index in [1.165, 1.54) is 25.1 Å². The van der Waals surface area contributed by atoms with E-state index in [0.29, 0.717) is 18.4 Å². The SMILES string of the molecule is CC1c2cccc(O)c2C(=O)C2C(=O)C3(O)C(=O)C(C(N)=O)C(=O)C(N(C)C)C3C(OC(=O)C3CCCCCC3)C21. The number of amides is 1. The summed E-state index contributed by atoms with van der Waals surface area (Å²) in [6.45, 7) is 1.72. The average Bonchev–Trinajstić information content (AvgIpc) is 3.20. The molecular formula is C30H36N2O9. The van der Waals surface area contributed by atoms with Crippen LogP contribution in [0.5, 0.6) is 5.75 Å². The van der Waals surface area contributed by atoms with Gasteiger partial charge in [-0.1, -0.05) is 44.7 Å². The van der Waals surface area contributed by atoms with E-state index in [2.05, 4.69) is 0 Å². The van der Waals surface area contributed by atoms with Gasteiger partial charge in [0.15, 0.2) is 34.7 Å². The molecule has 41 heavy (non-hydrogen) atoms. The molecule has 11 nitrogen and oxygen atoms in total. The summed E-state index contributed by atoms with van der Waals surface area (Å²) >= 11 is 0. The smallest absolute Gasteiger partial charge is 0.309 e. The summed E-state index contributed by atoms with van der Waals surface area (Å²) in [5.74, 6) is -14.1. The summed E-state index contributed by atoms with van der Waals surface area (Å²) in [7, 11) is 2.97. The number of aromatic hydroxyl groups is 1. The second kappa shape index (κ2) is 10.4. The Balaban J connectivity index is 1.72. The molecule has 4 N–H and O–H groups in total. The van der Waals surface area contributed by atoms with Gasteiger partial charge >= 0.3 is 5.97 Å². The molecule has 0 aromatic heterocycles. The van der Waals surface area contributed by atoms with Gasteiger partial charge in [0.2, 0.25) is 5.91 Å². The van der Waals surface area contributed by atoms with Crippen molar-refractivity contribution in [2.75, 3.05) is 14.1 Å². The third-order valence-corrected chi connectivity index (χ3v) is 9.77. The minimum atomic E-state index is -3.02. The average molecular weight is 569 g/mol. The summed E-state index contributed by atoms with van der Waals surface area (Å²) < 4.78 is 6.16. The lowest BCUT2D eigenvalue weighted by atomic mass is 9.49. The van der Waals surface area contributed by atoms with Gasteiger partial charge in [-0.3, -0.25) is 33.7 Å². The maximum atomic E-state index is 14.2. The van der Waals surface area contributed by atoms with Gasteiger partial charge in [0.25, 0.3) is 0 Å². The fourth-order valence-corrected chi connectivity index (χ4v) is 7.81. The van der Waals surface area contributed by atoms with E-state index < -0.39 is 88.3 Å². The predicted octanol–water partition coefficient (Wildman–Crippen LogP) is 0.920. The van der Waals surface area contributed by atoms with E-state index >= 15 is 0 Å².